The number of hydrogen-bond donors (Lipinski definition) is 1. The Bertz CT molecular complexity index is 343. The van der Waals surface area contributed by atoms with Crippen LogP contribution in [0, 0.1) is 10.1 Å². The standard InChI is InChI=1S/C6H4BrClN2O2/c7-5-3(8)1-2-4(6(5)9)10(11)12/h1-2H,9H2. The summed E-state index contributed by atoms with van der Waals surface area (Å²) in [6.07, 6.45) is 0. The second-order valence-corrected chi connectivity index (χ2v) is 3.25. The van der Waals surface area contributed by atoms with Crippen molar-refractivity contribution in [3.63, 3.8) is 0 Å². The predicted molar refractivity (Wildman–Crippen MR) is 50.2 cm³/mol. The molecule has 0 radical (unpaired) electrons. The predicted octanol–water partition coefficient (Wildman–Crippen LogP) is 2.59. The van der Waals surface area contributed by atoms with Crippen molar-refractivity contribution in [2.24, 2.45) is 0 Å². The van der Waals surface area contributed by atoms with Gasteiger partial charge in [0.15, 0.2) is 0 Å². The van der Waals surface area contributed by atoms with Crippen molar-refractivity contribution >= 4 is 38.9 Å². The van der Waals surface area contributed by atoms with Crippen molar-refractivity contribution in [2.45, 2.75) is 0 Å². The van der Waals surface area contributed by atoms with Crippen molar-refractivity contribution in [1.29, 1.82) is 0 Å². The molecule has 0 aliphatic carbocycles. The van der Waals surface area contributed by atoms with E-state index in [1.807, 2.05) is 0 Å². The van der Waals surface area contributed by atoms with E-state index in [1.165, 1.54) is 12.1 Å². The van der Waals surface area contributed by atoms with Gasteiger partial charge in [-0.05, 0) is 22.0 Å². The van der Waals surface area contributed by atoms with Gasteiger partial charge in [-0.1, -0.05) is 11.6 Å². The van der Waals surface area contributed by atoms with E-state index in [-0.39, 0.29) is 11.4 Å². The third-order valence-electron chi connectivity index (χ3n) is 1.31. The van der Waals surface area contributed by atoms with Crippen molar-refractivity contribution in [1.82, 2.24) is 0 Å². The third-order valence-corrected chi connectivity index (χ3v) is 2.70. The Balaban J connectivity index is 3.36. The zero-order valence-electron chi connectivity index (χ0n) is 5.75. The first-order valence-corrected chi connectivity index (χ1v) is 4.09. The molecule has 0 saturated heterocycles. The van der Waals surface area contributed by atoms with E-state index in [0.29, 0.717) is 9.50 Å². The van der Waals surface area contributed by atoms with Crippen LogP contribution in [0.3, 0.4) is 0 Å². The topological polar surface area (TPSA) is 69.2 Å². The van der Waals surface area contributed by atoms with Crippen LogP contribution < -0.4 is 5.73 Å². The number of nitrogen functional groups attached to an aromatic ring is 1. The molecular weight excluding hydrogens is 247 g/mol. The molecule has 0 saturated carbocycles. The van der Waals surface area contributed by atoms with E-state index in [1.54, 1.807) is 0 Å². The van der Waals surface area contributed by atoms with Crippen LogP contribution in [0.15, 0.2) is 16.6 Å². The van der Waals surface area contributed by atoms with Gasteiger partial charge in [-0.25, -0.2) is 0 Å². The van der Waals surface area contributed by atoms with Gasteiger partial charge in [-0.2, -0.15) is 0 Å². The van der Waals surface area contributed by atoms with E-state index < -0.39 is 4.92 Å². The van der Waals surface area contributed by atoms with Gasteiger partial charge in [0.05, 0.1) is 14.4 Å². The highest BCUT2D eigenvalue weighted by Gasteiger charge is 2.15. The Morgan fingerprint density at radius 1 is 1.58 bits per heavy atom. The summed E-state index contributed by atoms with van der Waals surface area (Å²) in [7, 11) is 0. The minimum atomic E-state index is -0.559. The minimum Gasteiger partial charge on any atom is -0.392 e. The molecule has 6 heteroatoms. The normalized spacial score (nSPS) is 9.83. The maximum Gasteiger partial charge on any atom is 0.293 e. The van der Waals surface area contributed by atoms with Crippen molar-refractivity contribution in [3.8, 4) is 0 Å². The lowest BCUT2D eigenvalue weighted by Gasteiger charge is -2.00. The van der Waals surface area contributed by atoms with Gasteiger partial charge < -0.3 is 5.73 Å². The van der Waals surface area contributed by atoms with E-state index in [2.05, 4.69) is 15.9 Å². The highest BCUT2D eigenvalue weighted by Crippen LogP contribution is 2.34. The van der Waals surface area contributed by atoms with Gasteiger partial charge in [-0.3, -0.25) is 10.1 Å². The van der Waals surface area contributed by atoms with Crippen LogP contribution in [0.2, 0.25) is 5.02 Å². The molecule has 0 aliphatic heterocycles. The van der Waals surface area contributed by atoms with Crippen LogP contribution in [0.5, 0.6) is 0 Å². The molecule has 0 unspecified atom stereocenters. The number of nitrogens with zero attached hydrogens (tertiary/aromatic N) is 1. The number of hydrogen-bond acceptors (Lipinski definition) is 3. The van der Waals surface area contributed by atoms with E-state index in [0.717, 1.165) is 0 Å². The van der Waals surface area contributed by atoms with Gasteiger partial charge in [0, 0.05) is 6.07 Å². The van der Waals surface area contributed by atoms with E-state index >= 15 is 0 Å². The molecule has 1 aromatic rings. The zero-order valence-corrected chi connectivity index (χ0v) is 8.09. The van der Waals surface area contributed by atoms with Gasteiger partial charge in [0.2, 0.25) is 0 Å². The molecule has 64 valence electrons. The number of halogens is 2. The van der Waals surface area contributed by atoms with Crippen molar-refractivity contribution in [3.05, 3.63) is 31.7 Å². The van der Waals surface area contributed by atoms with E-state index in [9.17, 15) is 10.1 Å². The lowest BCUT2D eigenvalue weighted by molar-refractivity contribution is -0.383. The van der Waals surface area contributed by atoms with Crippen LogP contribution in [-0.2, 0) is 0 Å². The minimum absolute atomic E-state index is 0.0486. The first kappa shape index (κ1) is 9.28. The summed E-state index contributed by atoms with van der Waals surface area (Å²) in [5.41, 5.74) is 5.31. The Morgan fingerprint density at radius 2 is 2.17 bits per heavy atom. The summed E-state index contributed by atoms with van der Waals surface area (Å²) in [4.78, 5) is 9.79. The Morgan fingerprint density at radius 3 is 2.67 bits per heavy atom. The quantitative estimate of drug-likeness (QED) is 0.474. The smallest absolute Gasteiger partial charge is 0.293 e. The molecule has 1 rings (SSSR count). The Hall–Kier alpha value is -0.810. The average molecular weight is 251 g/mol. The Kier molecular flexibility index (Phi) is 2.54. The summed E-state index contributed by atoms with van der Waals surface area (Å²) in [5, 5.41) is 10.7. The molecule has 0 aromatic heterocycles. The fourth-order valence-electron chi connectivity index (χ4n) is 0.715. The monoisotopic (exact) mass is 250 g/mol. The van der Waals surface area contributed by atoms with Crippen molar-refractivity contribution < 1.29 is 4.92 Å². The second kappa shape index (κ2) is 3.28. The fourth-order valence-corrected chi connectivity index (χ4v) is 1.22. The van der Waals surface area contributed by atoms with Crippen LogP contribution in [0.25, 0.3) is 0 Å². The lowest BCUT2D eigenvalue weighted by Crippen LogP contribution is -1.96. The molecule has 0 bridgehead atoms. The highest BCUT2D eigenvalue weighted by molar-refractivity contribution is 9.10. The van der Waals surface area contributed by atoms with Crippen LogP contribution in [0.4, 0.5) is 11.4 Å². The molecule has 0 fully saturated rings. The molecule has 0 amide bonds. The largest absolute Gasteiger partial charge is 0.392 e. The maximum atomic E-state index is 10.3. The average Bonchev–Trinajstić information content (AvgIpc) is 2.00. The molecule has 4 nitrogen and oxygen atoms in total. The van der Waals surface area contributed by atoms with Gasteiger partial charge >= 0.3 is 0 Å². The number of anilines is 1. The van der Waals surface area contributed by atoms with Crippen LogP contribution in [0.1, 0.15) is 0 Å². The summed E-state index contributed by atoms with van der Waals surface area (Å²) in [5.74, 6) is 0. The summed E-state index contributed by atoms with van der Waals surface area (Å²) < 4.78 is 0.360. The summed E-state index contributed by atoms with van der Waals surface area (Å²) in [6, 6.07) is 2.68. The molecule has 2 N–H and O–H groups in total. The van der Waals surface area contributed by atoms with Gasteiger partial charge in [-0.15, -0.1) is 0 Å². The third kappa shape index (κ3) is 1.51. The number of nitro groups is 1. The molecule has 0 heterocycles. The molecule has 0 aliphatic rings. The molecule has 0 spiro atoms. The fraction of sp³-hybridized carbons (Fsp3) is 0. The van der Waals surface area contributed by atoms with E-state index in [4.69, 9.17) is 17.3 Å². The van der Waals surface area contributed by atoms with Gasteiger partial charge in [0.1, 0.15) is 5.69 Å². The second-order valence-electron chi connectivity index (χ2n) is 2.05. The van der Waals surface area contributed by atoms with Gasteiger partial charge in [0.25, 0.3) is 5.69 Å². The number of rotatable bonds is 1. The molecule has 0 atom stereocenters. The summed E-state index contributed by atoms with van der Waals surface area (Å²) in [6.45, 7) is 0. The first-order chi connectivity index (χ1) is 5.54. The molecule has 12 heavy (non-hydrogen) atoms. The van der Waals surface area contributed by atoms with Crippen LogP contribution >= 0.6 is 27.5 Å². The lowest BCUT2D eigenvalue weighted by atomic mass is 10.3. The molecule has 1 aromatic carbocycles. The Labute approximate surface area is 81.6 Å². The maximum absolute atomic E-state index is 10.3. The summed E-state index contributed by atoms with van der Waals surface area (Å²) >= 11 is 8.68. The van der Waals surface area contributed by atoms with Crippen molar-refractivity contribution in [2.75, 3.05) is 5.73 Å². The number of nitrogens with two attached hydrogens (primary N) is 1. The zero-order chi connectivity index (χ0) is 9.30. The molecular formula is C6H4BrClN2O2. The SMILES string of the molecule is Nc1c([N+](=O)[O-])ccc(Cl)c1Br. The van der Waals surface area contributed by atoms with Crippen LogP contribution in [-0.4, -0.2) is 4.92 Å². The first-order valence-electron chi connectivity index (χ1n) is 2.92. The number of nitro benzene ring substituents is 1. The number of benzene rings is 1. The highest BCUT2D eigenvalue weighted by atomic mass is 79.9.